The van der Waals surface area contributed by atoms with Crippen LogP contribution >= 0.6 is 15.9 Å². The van der Waals surface area contributed by atoms with E-state index in [2.05, 4.69) is 15.9 Å². The Morgan fingerprint density at radius 1 is 0.917 bits per heavy atom. The van der Waals surface area contributed by atoms with Gasteiger partial charge in [0, 0.05) is 19.0 Å². The molecule has 3 heteroatoms. The van der Waals surface area contributed by atoms with Crippen LogP contribution in [0.1, 0.15) is 25.7 Å². The summed E-state index contributed by atoms with van der Waals surface area (Å²) in [6, 6.07) is 0. The molecule has 0 aliphatic rings. The second kappa shape index (κ2) is 11.4. The van der Waals surface area contributed by atoms with Gasteiger partial charge in [-0.2, -0.15) is 0 Å². The van der Waals surface area contributed by atoms with Crippen molar-refractivity contribution in [2.75, 3.05) is 32.3 Å². The third-order valence-corrected chi connectivity index (χ3v) is 2.16. The fourth-order valence-electron chi connectivity index (χ4n) is 0.896. The Kier molecular flexibility index (Phi) is 11.8. The number of hydrogen-bond donors (Lipinski definition) is 0. The molecule has 0 saturated heterocycles. The van der Waals surface area contributed by atoms with Gasteiger partial charge in [-0.3, -0.25) is 0 Å². The van der Waals surface area contributed by atoms with E-state index in [1.807, 2.05) is 0 Å². The molecule has 12 heavy (non-hydrogen) atoms. The molecule has 0 rings (SSSR count). The van der Waals surface area contributed by atoms with E-state index in [1.165, 1.54) is 25.7 Å². The van der Waals surface area contributed by atoms with Crippen molar-refractivity contribution in [2.24, 2.45) is 0 Å². The van der Waals surface area contributed by atoms with E-state index >= 15 is 0 Å². The molecule has 0 aliphatic carbocycles. The van der Waals surface area contributed by atoms with Gasteiger partial charge in [-0.05, 0) is 12.8 Å². The summed E-state index contributed by atoms with van der Waals surface area (Å²) in [4.78, 5) is 0. The number of unbranched alkanes of at least 4 members (excludes halogenated alkanes) is 3. The lowest BCUT2D eigenvalue weighted by molar-refractivity contribution is 0.0686. The summed E-state index contributed by atoms with van der Waals surface area (Å²) in [5, 5.41) is 1.12. The average molecular weight is 239 g/mol. The average Bonchev–Trinajstić information content (AvgIpc) is 2.10. The van der Waals surface area contributed by atoms with Gasteiger partial charge in [0.2, 0.25) is 0 Å². The van der Waals surface area contributed by atoms with Crippen LogP contribution in [-0.4, -0.2) is 32.3 Å². The van der Waals surface area contributed by atoms with Gasteiger partial charge in [0.05, 0.1) is 13.2 Å². The summed E-state index contributed by atoms with van der Waals surface area (Å²) >= 11 is 3.40. The maximum atomic E-state index is 5.32. The predicted octanol–water partition coefficient (Wildman–Crippen LogP) is 2.60. The van der Waals surface area contributed by atoms with Crippen molar-refractivity contribution >= 4 is 15.9 Å². The van der Waals surface area contributed by atoms with Gasteiger partial charge in [-0.1, -0.05) is 28.8 Å². The van der Waals surface area contributed by atoms with Crippen LogP contribution in [-0.2, 0) is 9.47 Å². The Morgan fingerprint density at radius 2 is 1.67 bits per heavy atom. The van der Waals surface area contributed by atoms with Crippen molar-refractivity contribution < 1.29 is 9.47 Å². The van der Waals surface area contributed by atoms with Crippen LogP contribution in [0, 0.1) is 0 Å². The summed E-state index contributed by atoms with van der Waals surface area (Å²) in [5.41, 5.74) is 0. The molecule has 0 unspecified atom stereocenters. The second-order valence-corrected chi connectivity index (χ2v) is 3.50. The molecule has 0 aromatic heterocycles. The number of halogens is 1. The van der Waals surface area contributed by atoms with Gasteiger partial charge in [-0.15, -0.1) is 0 Å². The first kappa shape index (κ1) is 12.4. The number of rotatable bonds is 9. The van der Waals surface area contributed by atoms with E-state index < -0.39 is 0 Å². The van der Waals surface area contributed by atoms with Crippen molar-refractivity contribution in [1.82, 2.24) is 0 Å². The van der Waals surface area contributed by atoms with E-state index in [0.717, 1.165) is 18.5 Å². The first-order chi connectivity index (χ1) is 5.91. The standard InChI is InChI=1S/C9H19BrO2/c1-11-8-9-12-7-5-3-2-4-6-10/h2-9H2,1H3. The normalized spacial score (nSPS) is 10.5. The quantitative estimate of drug-likeness (QED) is 0.455. The van der Waals surface area contributed by atoms with Gasteiger partial charge in [-0.25, -0.2) is 0 Å². The Morgan fingerprint density at radius 3 is 2.33 bits per heavy atom. The maximum Gasteiger partial charge on any atom is 0.0700 e. The zero-order valence-electron chi connectivity index (χ0n) is 7.85. The first-order valence-corrected chi connectivity index (χ1v) is 5.66. The van der Waals surface area contributed by atoms with Crippen molar-refractivity contribution in [2.45, 2.75) is 25.7 Å². The second-order valence-electron chi connectivity index (χ2n) is 2.71. The van der Waals surface area contributed by atoms with Crippen LogP contribution < -0.4 is 0 Å². The predicted molar refractivity (Wildman–Crippen MR) is 55.0 cm³/mol. The monoisotopic (exact) mass is 238 g/mol. The van der Waals surface area contributed by atoms with Gasteiger partial charge < -0.3 is 9.47 Å². The number of methoxy groups -OCH3 is 1. The zero-order valence-corrected chi connectivity index (χ0v) is 9.44. The Hall–Kier alpha value is 0.400. The van der Waals surface area contributed by atoms with E-state index in [4.69, 9.17) is 9.47 Å². The van der Waals surface area contributed by atoms with Crippen molar-refractivity contribution in [3.05, 3.63) is 0 Å². The van der Waals surface area contributed by atoms with E-state index in [-0.39, 0.29) is 0 Å². The lowest BCUT2D eigenvalue weighted by Gasteiger charge is -2.02. The highest BCUT2D eigenvalue weighted by atomic mass is 79.9. The molecular formula is C9H19BrO2. The molecule has 0 saturated carbocycles. The first-order valence-electron chi connectivity index (χ1n) is 4.54. The SMILES string of the molecule is COCCOCCCCCCBr. The molecule has 0 heterocycles. The third kappa shape index (κ3) is 10.4. The van der Waals surface area contributed by atoms with Crippen LogP contribution in [0.15, 0.2) is 0 Å². The highest BCUT2D eigenvalue weighted by Gasteiger charge is 1.89. The Bertz CT molecular complexity index is 68.9. The van der Waals surface area contributed by atoms with Gasteiger partial charge in [0.1, 0.15) is 0 Å². The Labute approximate surface area is 83.8 Å². The minimum absolute atomic E-state index is 0.710. The van der Waals surface area contributed by atoms with E-state index in [9.17, 15) is 0 Å². The molecule has 0 radical (unpaired) electrons. The maximum absolute atomic E-state index is 5.32. The van der Waals surface area contributed by atoms with Gasteiger partial charge in [0.25, 0.3) is 0 Å². The Balaban J connectivity index is 2.73. The highest BCUT2D eigenvalue weighted by Crippen LogP contribution is 2.01. The fourth-order valence-corrected chi connectivity index (χ4v) is 1.29. The highest BCUT2D eigenvalue weighted by molar-refractivity contribution is 9.09. The molecule has 0 bridgehead atoms. The number of alkyl halides is 1. The van der Waals surface area contributed by atoms with Crippen molar-refractivity contribution in [3.63, 3.8) is 0 Å². The van der Waals surface area contributed by atoms with Crippen LogP contribution in [0.2, 0.25) is 0 Å². The molecule has 0 fully saturated rings. The lowest BCUT2D eigenvalue weighted by Crippen LogP contribution is -2.02. The fraction of sp³-hybridized carbons (Fsp3) is 1.00. The van der Waals surface area contributed by atoms with Crippen LogP contribution in [0.5, 0.6) is 0 Å². The number of ether oxygens (including phenoxy) is 2. The molecule has 0 aromatic carbocycles. The van der Waals surface area contributed by atoms with Crippen molar-refractivity contribution in [3.8, 4) is 0 Å². The molecule has 2 nitrogen and oxygen atoms in total. The molecular weight excluding hydrogens is 220 g/mol. The van der Waals surface area contributed by atoms with E-state index in [0.29, 0.717) is 6.61 Å². The van der Waals surface area contributed by atoms with Crippen LogP contribution in [0.25, 0.3) is 0 Å². The van der Waals surface area contributed by atoms with Gasteiger partial charge in [0.15, 0.2) is 0 Å². The van der Waals surface area contributed by atoms with Crippen LogP contribution in [0.4, 0.5) is 0 Å². The smallest absolute Gasteiger partial charge is 0.0700 e. The van der Waals surface area contributed by atoms with Gasteiger partial charge >= 0.3 is 0 Å². The largest absolute Gasteiger partial charge is 0.382 e. The number of hydrogen-bond acceptors (Lipinski definition) is 2. The van der Waals surface area contributed by atoms with Crippen LogP contribution in [0.3, 0.4) is 0 Å². The summed E-state index contributed by atoms with van der Waals surface area (Å²) in [6.45, 7) is 2.32. The molecule has 0 aromatic rings. The minimum Gasteiger partial charge on any atom is -0.382 e. The molecule has 0 N–H and O–H groups in total. The summed E-state index contributed by atoms with van der Waals surface area (Å²) in [6.07, 6.45) is 5.03. The molecule has 0 atom stereocenters. The molecule has 0 aliphatic heterocycles. The third-order valence-electron chi connectivity index (χ3n) is 1.60. The summed E-state index contributed by atoms with van der Waals surface area (Å²) in [7, 11) is 1.69. The lowest BCUT2D eigenvalue weighted by atomic mass is 10.2. The zero-order chi connectivity index (χ0) is 9.07. The molecule has 0 spiro atoms. The van der Waals surface area contributed by atoms with E-state index in [1.54, 1.807) is 7.11 Å². The molecule has 74 valence electrons. The summed E-state index contributed by atoms with van der Waals surface area (Å²) < 4.78 is 10.2. The summed E-state index contributed by atoms with van der Waals surface area (Å²) in [5.74, 6) is 0. The van der Waals surface area contributed by atoms with Crippen molar-refractivity contribution in [1.29, 1.82) is 0 Å². The minimum atomic E-state index is 0.710. The topological polar surface area (TPSA) is 18.5 Å². The molecule has 0 amide bonds.